The van der Waals surface area contributed by atoms with Gasteiger partial charge in [0.2, 0.25) is 0 Å². The van der Waals surface area contributed by atoms with E-state index in [1.165, 1.54) is 17.0 Å². The molecule has 3 aliphatic heterocycles. The van der Waals surface area contributed by atoms with Gasteiger partial charge < -0.3 is 10.2 Å². The molecule has 3 unspecified atom stereocenters. The number of fused-ring (bicyclic) bond motifs is 2. The Hall–Kier alpha value is -3.09. The standard InChI is InChI=1S/C21H21F3N6O3S/c22-11-1-5-16(6-2-11)34-21(23,24)19(32)30-13-3-4-14(30)9-15(8-13)29-10-12(27-28-29)7-17-18(31)26-20(33)25-17/h1-2,5-6,10,13-15,17H,3-4,7-9H2,(H2,25,26,31,33). The normalized spacial score (nSPS) is 26.5. The van der Waals surface area contributed by atoms with Crippen LogP contribution in [0.15, 0.2) is 35.4 Å². The fourth-order valence-electron chi connectivity index (χ4n) is 4.94. The molecular weight excluding hydrogens is 473 g/mol. The van der Waals surface area contributed by atoms with E-state index in [4.69, 9.17) is 0 Å². The van der Waals surface area contributed by atoms with Gasteiger partial charge in [-0.15, -0.1) is 5.10 Å². The summed E-state index contributed by atoms with van der Waals surface area (Å²) in [4.78, 5) is 37.3. The minimum Gasteiger partial charge on any atom is -0.331 e. The molecule has 2 bridgehead atoms. The van der Waals surface area contributed by atoms with E-state index in [2.05, 4.69) is 20.9 Å². The highest BCUT2D eigenvalue weighted by atomic mass is 32.2. The number of hydrogen-bond acceptors (Lipinski definition) is 6. The van der Waals surface area contributed by atoms with Crippen LogP contribution in [0.1, 0.15) is 37.4 Å². The summed E-state index contributed by atoms with van der Waals surface area (Å²) < 4.78 is 44.4. The molecule has 2 aromatic rings. The van der Waals surface area contributed by atoms with Crippen molar-refractivity contribution >= 4 is 29.6 Å². The van der Waals surface area contributed by atoms with Crippen LogP contribution in [0.5, 0.6) is 0 Å². The van der Waals surface area contributed by atoms with Crippen molar-refractivity contribution in [1.82, 2.24) is 30.5 Å². The van der Waals surface area contributed by atoms with Gasteiger partial charge in [-0.25, -0.2) is 13.9 Å². The summed E-state index contributed by atoms with van der Waals surface area (Å²) in [5.41, 5.74) is 0.524. The Labute approximate surface area is 196 Å². The zero-order chi connectivity index (χ0) is 24.0. The lowest BCUT2D eigenvalue weighted by molar-refractivity contribution is -0.151. The number of halogens is 3. The van der Waals surface area contributed by atoms with E-state index in [1.54, 1.807) is 10.9 Å². The number of alkyl halides is 2. The quantitative estimate of drug-likeness (QED) is 0.471. The number of nitrogens with one attached hydrogen (secondary N) is 2. The molecule has 3 saturated heterocycles. The van der Waals surface area contributed by atoms with Crippen LogP contribution in [0.25, 0.3) is 0 Å². The first-order chi connectivity index (χ1) is 16.2. The fraction of sp³-hybridized carbons (Fsp3) is 0.476. The molecule has 3 fully saturated rings. The average Bonchev–Trinajstić information content (AvgIpc) is 3.45. The van der Waals surface area contributed by atoms with Gasteiger partial charge in [-0.1, -0.05) is 5.21 Å². The molecule has 3 aliphatic rings. The van der Waals surface area contributed by atoms with Crippen molar-refractivity contribution < 1.29 is 27.6 Å². The number of carbonyl (C=O) groups excluding carboxylic acids is 3. The molecule has 5 rings (SSSR count). The topological polar surface area (TPSA) is 109 Å². The summed E-state index contributed by atoms with van der Waals surface area (Å²) in [6.45, 7) is 0. The molecule has 13 heteroatoms. The maximum Gasteiger partial charge on any atom is 0.375 e. The van der Waals surface area contributed by atoms with Crippen LogP contribution in [0, 0.1) is 5.82 Å². The molecule has 9 nitrogen and oxygen atoms in total. The number of urea groups is 1. The number of amides is 4. The summed E-state index contributed by atoms with van der Waals surface area (Å²) in [7, 11) is 0. The summed E-state index contributed by atoms with van der Waals surface area (Å²) >= 11 is 0.123. The second kappa shape index (κ2) is 8.60. The van der Waals surface area contributed by atoms with Gasteiger partial charge >= 0.3 is 17.2 Å². The molecule has 180 valence electrons. The largest absolute Gasteiger partial charge is 0.375 e. The molecule has 34 heavy (non-hydrogen) atoms. The first kappa shape index (κ1) is 22.7. The van der Waals surface area contributed by atoms with Crippen LogP contribution in [0.4, 0.5) is 18.0 Å². The molecule has 4 heterocycles. The lowest BCUT2D eigenvalue weighted by Gasteiger charge is -2.40. The van der Waals surface area contributed by atoms with Crippen molar-refractivity contribution in [2.45, 2.75) is 66.4 Å². The number of hydrogen-bond donors (Lipinski definition) is 2. The first-order valence-corrected chi connectivity index (χ1v) is 11.7. The molecule has 3 atom stereocenters. The second-order valence-corrected chi connectivity index (χ2v) is 9.89. The minimum absolute atomic E-state index is 0.115. The molecule has 4 amide bonds. The second-order valence-electron chi connectivity index (χ2n) is 8.70. The van der Waals surface area contributed by atoms with Crippen molar-refractivity contribution in [1.29, 1.82) is 0 Å². The van der Waals surface area contributed by atoms with E-state index in [-0.39, 0.29) is 41.2 Å². The summed E-state index contributed by atoms with van der Waals surface area (Å²) in [6.07, 6.45) is 4.05. The molecule has 1 aromatic heterocycles. The maximum absolute atomic E-state index is 14.8. The molecule has 2 N–H and O–H groups in total. The third kappa shape index (κ3) is 4.36. The first-order valence-electron chi connectivity index (χ1n) is 10.9. The van der Waals surface area contributed by atoms with Gasteiger partial charge in [-0.05, 0) is 61.7 Å². The van der Waals surface area contributed by atoms with Crippen molar-refractivity contribution in [3.05, 3.63) is 42.0 Å². The number of rotatable bonds is 6. The Balaban J connectivity index is 1.24. The predicted molar refractivity (Wildman–Crippen MR) is 113 cm³/mol. The van der Waals surface area contributed by atoms with Gasteiger partial charge in [0.15, 0.2) is 0 Å². The predicted octanol–water partition coefficient (Wildman–Crippen LogP) is 2.25. The fourth-order valence-corrected chi connectivity index (χ4v) is 5.70. The molecule has 0 spiro atoms. The minimum atomic E-state index is -3.67. The molecule has 0 radical (unpaired) electrons. The van der Waals surface area contributed by atoms with Crippen LogP contribution in [0.2, 0.25) is 0 Å². The lowest BCUT2D eigenvalue weighted by Crippen LogP contribution is -2.52. The van der Waals surface area contributed by atoms with E-state index in [1.807, 2.05) is 0 Å². The van der Waals surface area contributed by atoms with E-state index in [0.717, 1.165) is 12.1 Å². The monoisotopic (exact) mass is 494 g/mol. The Kier molecular flexibility index (Phi) is 5.74. The highest BCUT2D eigenvalue weighted by molar-refractivity contribution is 8.01. The lowest BCUT2D eigenvalue weighted by atomic mass is 9.97. The summed E-state index contributed by atoms with van der Waals surface area (Å²) in [5.74, 6) is -2.19. The van der Waals surface area contributed by atoms with Gasteiger partial charge in [-0.2, -0.15) is 8.78 Å². The summed E-state index contributed by atoms with van der Waals surface area (Å²) in [6, 6.07) is 2.55. The average molecular weight is 494 g/mol. The van der Waals surface area contributed by atoms with Crippen LogP contribution in [-0.2, 0) is 16.0 Å². The van der Waals surface area contributed by atoms with E-state index in [9.17, 15) is 27.6 Å². The Morgan fingerprint density at radius 1 is 1.12 bits per heavy atom. The number of carbonyl (C=O) groups is 3. The molecule has 0 aliphatic carbocycles. The zero-order valence-electron chi connectivity index (χ0n) is 17.8. The highest BCUT2D eigenvalue weighted by Crippen LogP contribution is 2.45. The third-order valence-electron chi connectivity index (χ3n) is 6.46. The van der Waals surface area contributed by atoms with Crippen molar-refractivity contribution in [2.24, 2.45) is 0 Å². The Morgan fingerprint density at radius 2 is 1.79 bits per heavy atom. The summed E-state index contributed by atoms with van der Waals surface area (Å²) in [5, 5.41) is 9.22. The Morgan fingerprint density at radius 3 is 2.41 bits per heavy atom. The molecular formula is C21H21F3N6O3S. The number of piperidine rings is 1. The zero-order valence-corrected chi connectivity index (χ0v) is 18.6. The van der Waals surface area contributed by atoms with Gasteiger partial charge in [0.25, 0.3) is 5.91 Å². The number of benzene rings is 1. The SMILES string of the molecule is O=C1NC(=O)C(Cc2cn(C3CC4CCC(C3)N4C(=O)C(F)(F)Sc3ccc(F)cc3)nn2)N1. The Bertz CT molecular complexity index is 1110. The van der Waals surface area contributed by atoms with Crippen molar-refractivity contribution in [3.63, 3.8) is 0 Å². The van der Waals surface area contributed by atoms with Crippen LogP contribution in [0.3, 0.4) is 0 Å². The van der Waals surface area contributed by atoms with Crippen LogP contribution in [-0.4, -0.2) is 61.1 Å². The van der Waals surface area contributed by atoms with Crippen LogP contribution >= 0.6 is 11.8 Å². The van der Waals surface area contributed by atoms with Crippen molar-refractivity contribution in [2.75, 3.05) is 0 Å². The van der Waals surface area contributed by atoms with Crippen LogP contribution < -0.4 is 10.6 Å². The van der Waals surface area contributed by atoms with E-state index < -0.39 is 35.0 Å². The molecule has 1 aromatic carbocycles. The van der Waals surface area contributed by atoms with Gasteiger partial charge in [0.1, 0.15) is 11.9 Å². The van der Waals surface area contributed by atoms with Gasteiger partial charge in [-0.3, -0.25) is 14.9 Å². The number of imide groups is 1. The molecule has 0 saturated carbocycles. The van der Waals surface area contributed by atoms with E-state index >= 15 is 0 Å². The van der Waals surface area contributed by atoms with Gasteiger partial charge in [0, 0.05) is 29.6 Å². The number of thioether (sulfide) groups is 1. The highest BCUT2D eigenvalue weighted by Gasteiger charge is 2.52. The number of nitrogens with zero attached hydrogens (tertiary/aromatic N) is 4. The van der Waals surface area contributed by atoms with Crippen molar-refractivity contribution in [3.8, 4) is 0 Å². The maximum atomic E-state index is 14.8. The van der Waals surface area contributed by atoms with Gasteiger partial charge in [0.05, 0.1) is 11.7 Å². The third-order valence-corrected chi connectivity index (χ3v) is 7.39. The number of aromatic nitrogens is 3. The van der Waals surface area contributed by atoms with E-state index in [0.29, 0.717) is 31.4 Å². The smallest absolute Gasteiger partial charge is 0.331 e.